The molecule has 0 radical (unpaired) electrons. The number of carbonyl (C=O) groups is 2. The van der Waals surface area contributed by atoms with E-state index in [0.29, 0.717) is 19.4 Å². The Bertz CT molecular complexity index is 515. The van der Waals surface area contributed by atoms with Crippen molar-refractivity contribution in [1.82, 2.24) is 10.2 Å². The van der Waals surface area contributed by atoms with Crippen molar-refractivity contribution in [3.05, 3.63) is 29.8 Å². The van der Waals surface area contributed by atoms with E-state index in [-0.39, 0.29) is 17.6 Å². The topological polar surface area (TPSA) is 95.7 Å². The van der Waals surface area contributed by atoms with Crippen LogP contribution in [0.3, 0.4) is 0 Å². The van der Waals surface area contributed by atoms with Crippen LogP contribution in [0.1, 0.15) is 18.4 Å². The maximum Gasteiger partial charge on any atom is 0.242 e. The highest BCUT2D eigenvalue weighted by Crippen LogP contribution is 2.19. The van der Waals surface area contributed by atoms with Gasteiger partial charge in [0.25, 0.3) is 0 Å². The summed E-state index contributed by atoms with van der Waals surface area (Å²) in [5, 5.41) is 11.8. The van der Waals surface area contributed by atoms with E-state index in [4.69, 9.17) is 5.73 Å². The Morgan fingerprint density at radius 2 is 2.10 bits per heavy atom. The van der Waals surface area contributed by atoms with Crippen LogP contribution in [0.2, 0.25) is 0 Å². The largest absolute Gasteiger partial charge is 0.508 e. The van der Waals surface area contributed by atoms with Crippen LogP contribution < -0.4 is 11.1 Å². The third-order valence-electron chi connectivity index (χ3n) is 3.79. The summed E-state index contributed by atoms with van der Waals surface area (Å²) in [7, 11) is 1.57. The van der Waals surface area contributed by atoms with Gasteiger partial charge in [0.2, 0.25) is 11.8 Å². The van der Waals surface area contributed by atoms with E-state index in [1.807, 2.05) is 0 Å². The van der Waals surface area contributed by atoms with E-state index in [9.17, 15) is 14.7 Å². The van der Waals surface area contributed by atoms with E-state index in [0.717, 1.165) is 12.0 Å². The molecule has 0 saturated carbocycles. The Morgan fingerprint density at radius 1 is 1.43 bits per heavy atom. The number of hydrogen-bond donors (Lipinski definition) is 3. The van der Waals surface area contributed by atoms with Gasteiger partial charge >= 0.3 is 0 Å². The van der Waals surface area contributed by atoms with E-state index >= 15 is 0 Å². The molecular formula is C15H21N3O3. The number of nitrogens with two attached hydrogens (primary N) is 1. The van der Waals surface area contributed by atoms with E-state index in [2.05, 4.69) is 5.32 Å². The Kier molecular flexibility index (Phi) is 4.80. The Morgan fingerprint density at radius 3 is 2.71 bits per heavy atom. The minimum atomic E-state index is -0.681. The maximum absolute atomic E-state index is 12.4. The van der Waals surface area contributed by atoms with E-state index in [1.165, 1.54) is 0 Å². The highest BCUT2D eigenvalue weighted by Gasteiger charge is 2.35. The van der Waals surface area contributed by atoms with Crippen molar-refractivity contribution in [3.8, 4) is 5.75 Å². The van der Waals surface area contributed by atoms with Gasteiger partial charge in [-0.1, -0.05) is 12.1 Å². The summed E-state index contributed by atoms with van der Waals surface area (Å²) < 4.78 is 0. The lowest BCUT2D eigenvalue weighted by Gasteiger charge is -2.26. The van der Waals surface area contributed by atoms with Crippen molar-refractivity contribution in [2.75, 3.05) is 13.6 Å². The van der Waals surface area contributed by atoms with Gasteiger partial charge in [-0.3, -0.25) is 9.59 Å². The first kappa shape index (κ1) is 15.3. The Labute approximate surface area is 123 Å². The summed E-state index contributed by atoms with van der Waals surface area (Å²) in [5.74, 6) is -0.162. The van der Waals surface area contributed by atoms with Crippen LogP contribution >= 0.6 is 0 Å². The number of carbonyl (C=O) groups excluding carboxylic acids is 2. The normalized spacial score (nSPS) is 19.3. The molecule has 1 saturated heterocycles. The third kappa shape index (κ3) is 3.52. The molecular weight excluding hydrogens is 270 g/mol. The van der Waals surface area contributed by atoms with Crippen molar-refractivity contribution in [2.24, 2.45) is 5.73 Å². The number of amides is 2. The zero-order valence-electron chi connectivity index (χ0n) is 12.1. The summed E-state index contributed by atoms with van der Waals surface area (Å²) in [6.45, 7) is 0.570. The molecule has 0 bridgehead atoms. The quantitative estimate of drug-likeness (QED) is 0.727. The van der Waals surface area contributed by atoms with Crippen molar-refractivity contribution >= 4 is 11.8 Å². The predicted molar refractivity (Wildman–Crippen MR) is 78.6 cm³/mol. The molecule has 0 spiro atoms. The Hall–Kier alpha value is -2.08. The molecule has 1 heterocycles. The fourth-order valence-corrected chi connectivity index (χ4v) is 2.66. The zero-order chi connectivity index (χ0) is 15.4. The second-order valence-corrected chi connectivity index (χ2v) is 5.28. The molecule has 0 aliphatic carbocycles. The first-order chi connectivity index (χ1) is 10.0. The first-order valence-corrected chi connectivity index (χ1v) is 7.08. The predicted octanol–water partition coefficient (Wildman–Crippen LogP) is -0.001000. The number of nitrogens with one attached hydrogen (secondary N) is 1. The minimum Gasteiger partial charge on any atom is -0.508 e. The smallest absolute Gasteiger partial charge is 0.242 e. The van der Waals surface area contributed by atoms with E-state index < -0.39 is 12.1 Å². The lowest BCUT2D eigenvalue weighted by atomic mass is 10.0. The molecule has 0 aromatic heterocycles. The summed E-state index contributed by atoms with van der Waals surface area (Å²) >= 11 is 0. The molecule has 1 unspecified atom stereocenters. The van der Waals surface area contributed by atoms with Gasteiger partial charge < -0.3 is 21.1 Å². The standard InChI is InChI=1S/C15H21N3O3/c1-17-14(20)13-3-2-8-18(13)15(21)12(16)9-10-4-6-11(19)7-5-10/h4-7,12-13,19H,2-3,8-9,16H2,1H3,(H,17,20)/t12-,13?/m0/s1. The number of phenols is 1. The number of benzene rings is 1. The molecule has 4 N–H and O–H groups in total. The maximum atomic E-state index is 12.4. The molecule has 21 heavy (non-hydrogen) atoms. The summed E-state index contributed by atoms with van der Waals surface area (Å²) in [4.78, 5) is 25.8. The summed E-state index contributed by atoms with van der Waals surface area (Å²) in [6, 6.07) is 5.52. The van der Waals surface area contributed by atoms with Gasteiger partial charge in [0.05, 0.1) is 6.04 Å². The molecule has 1 aliphatic rings. The summed E-state index contributed by atoms with van der Waals surface area (Å²) in [5.41, 5.74) is 6.86. The molecule has 6 nitrogen and oxygen atoms in total. The zero-order valence-corrected chi connectivity index (χ0v) is 12.1. The number of likely N-dealkylation sites (N-methyl/N-ethyl adjacent to an activating group) is 1. The first-order valence-electron chi connectivity index (χ1n) is 7.08. The second kappa shape index (κ2) is 6.58. The van der Waals surface area contributed by atoms with Gasteiger partial charge in [-0.2, -0.15) is 0 Å². The highest BCUT2D eigenvalue weighted by molar-refractivity contribution is 5.90. The van der Waals surface area contributed by atoms with Crippen molar-refractivity contribution in [3.63, 3.8) is 0 Å². The number of rotatable bonds is 4. The fraction of sp³-hybridized carbons (Fsp3) is 0.467. The average Bonchev–Trinajstić information content (AvgIpc) is 2.97. The van der Waals surface area contributed by atoms with Crippen LogP contribution in [-0.2, 0) is 16.0 Å². The van der Waals surface area contributed by atoms with Gasteiger partial charge in [0, 0.05) is 13.6 Å². The van der Waals surface area contributed by atoms with Crippen LogP contribution in [-0.4, -0.2) is 47.5 Å². The molecule has 2 rings (SSSR count). The Balaban J connectivity index is 2.01. The summed E-state index contributed by atoms with van der Waals surface area (Å²) in [6.07, 6.45) is 1.88. The average molecular weight is 291 g/mol. The second-order valence-electron chi connectivity index (χ2n) is 5.28. The van der Waals surface area contributed by atoms with Crippen LogP contribution in [0.25, 0.3) is 0 Å². The van der Waals surface area contributed by atoms with Crippen LogP contribution in [0.15, 0.2) is 24.3 Å². The van der Waals surface area contributed by atoms with Gasteiger partial charge in [-0.25, -0.2) is 0 Å². The highest BCUT2D eigenvalue weighted by atomic mass is 16.3. The van der Waals surface area contributed by atoms with Gasteiger partial charge in [0.15, 0.2) is 0 Å². The van der Waals surface area contributed by atoms with Crippen LogP contribution in [0.5, 0.6) is 5.75 Å². The van der Waals surface area contributed by atoms with Crippen LogP contribution in [0, 0.1) is 0 Å². The SMILES string of the molecule is CNC(=O)C1CCCN1C(=O)[C@@H](N)Cc1ccc(O)cc1. The molecule has 1 fully saturated rings. The molecule has 1 aliphatic heterocycles. The monoisotopic (exact) mass is 291 g/mol. The number of likely N-dealkylation sites (tertiary alicyclic amines) is 1. The molecule has 114 valence electrons. The molecule has 2 atom stereocenters. The van der Waals surface area contributed by atoms with Crippen LogP contribution in [0.4, 0.5) is 0 Å². The van der Waals surface area contributed by atoms with Crippen molar-refractivity contribution in [1.29, 1.82) is 0 Å². The van der Waals surface area contributed by atoms with Gasteiger partial charge in [0.1, 0.15) is 11.8 Å². The molecule has 6 heteroatoms. The number of aromatic hydroxyl groups is 1. The molecule has 2 amide bonds. The molecule has 1 aromatic rings. The van der Waals surface area contributed by atoms with Gasteiger partial charge in [-0.15, -0.1) is 0 Å². The van der Waals surface area contributed by atoms with Crippen molar-refractivity contribution < 1.29 is 14.7 Å². The minimum absolute atomic E-state index is 0.141. The van der Waals surface area contributed by atoms with Crippen molar-refractivity contribution in [2.45, 2.75) is 31.3 Å². The van der Waals surface area contributed by atoms with Gasteiger partial charge in [-0.05, 0) is 37.0 Å². The van der Waals surface area contributed by atoms with E-state index in [1.54, 1.807) is 36.2 Å². The lowest BCUT2D eigenvalue weighted by molar-refractivity contribution is -0.139. The number of hydrogen-bond acceptors (Lipinski definition) is 4. The fourth-order valence-electron chi connectivity index (χ4n) is 2.66. The lowest BCUT2D eigenvalue weighted by Crippen LogP contribution is -2.51. The molecule has 1 aromatic carbocycles. The number of nitrogens with zero attached hydrogens (tertiary/aromatic N) is 1. The number of phenolic OH excluding ortho intramolecular Hbond substituents is 1. The third-order valence-corrected chi connectivity index (χ3v) is 3.79.